The fourth-order valence-electron chi connectivity index (χ4n) is 1.05. The van der Waals surface area contributed by atoms with E-state index in [2.05, 4.69) is 5.32 Å². The third-order valence-corrected chi connectivity index (χ3v) is 2.37. The SMILES string of the molecule is CCCNC(=O)COc1cc(Cl)ccc1Cl. The zero-order valence-corrected chi connectivity index (χ0v) is 10.4. The molecule has 1 rings (SSSR count). The minimum atomic E-state index is -0.169. The summed E-state index contributed by atoms with van der Waals surface area (Å²) in [5.74, 6) is 0.249. The maximum atomic E-state index is 11.3. The van der Waals surface area contributed by atoms with Crippen LogP contribution in [0.15, 0.2) is 18.2 Å². The van der Waals surface area contributed by atoms with E-state index in [1.54, 1.807) is 18.2 Å². The van der Waals surface area contributed by atoms with Crippen molar-refractivity contribution >= 4 is 29.1 Å². The first kappa shape index (κ1) is 13.1. The third-order valence-electron chi connectivity index (χ3n) is 1.82. The molecule has 16 heavy (non-hydrogen) atoms. The number of hydrogen-bond acceptors (Lipinski definition) is 2. The van der Waals surface area contributed by atoms with Crippen molar-refractivity contribution in [3.8, 4) is 5.75 Å². The van der Waals surface area contributed by atoms with Crippen LogP contribution in [-0.2, 0) is 4.79 Å². The van der Waals surface area contributed by atoms with Gasteiger partial charge in [0.2, 0.25) is 0 Å². The number of nitrogens with one attached hydrogen (secondary N) is 1. The molecule has 88 valence electrons. The van der Waals surface area contributed by atoms with Gasteiger partial charge in [0.15, 0.2) is 6.61 Å². The molecule has 1 amide bonds. The predicted molar refractivity (Wildman–Crippen MR) is 65.3 cm³/mol. The van der Waals surface area contributed by atoms with Crippen LogP contribution in [0.4, 0.5) is 0 Å². The second-order valence-electron chi connectivity index (χ2n) is 3.21. The van der Waals surface area contributed by atoms with E-state index in [0.717, 1.165) is 6.42 Å². The standard InChI is InChI=1S/C11H13Cl2NO2/c1-2-5-14-11(15)7-16-10-6-8(12)3-4-9(10)13/h3-4,6H,2,5,7H2,1H3,(H,14,15). The van der Waals surface area contributed by atoms with Gasteiger partial charge in [0.25, 0.3) is 5.91 Å². The van der Waals surface area contributed by atoms with Gasteiger partial charge in [-0.15, -0.1) is 0 Å². The Labute approximate surface area is 105 Å². The molecule has 3 nitrogen and oxygen atoms in total. The highest BCUT2D eigenvalue weighted by atomic mass is 35.5. The zero-order valence-electron chi connectivity index (χ0n) is 8.93. The van der Waals surface area contributed by atoms with Gasteiger partial charge < -0.3 is 10.1 Å². The molecule has 1 N–H and O–H groups in total. The molecule has 0 aliphatic rings. The van der Waals surface area contributed by atoms with Crippen LogP contribution in [0.1, 0.15) is 13.3 Å². The first-order valence-electron chi connectivity index (χ1n) is 4.98. The number of carbonyl (C=O) groups is 1. The van der Waals surface area contributed by atoms with E-state index in [4.69, 9.17) is 27.9 Å². The first-order valence-corrected chi connectivity index (χ1v) is 5.73. The van der Waals surface area contributed by atoms with Crippen LogP contribution >= 0.6 is 23.2 Å². The van der Waals surface area contributed by atoms with Crippen molar-refractivity contribution < 1.29 is 9.53 Å². The van der Waals surface area contributed by atoms with Crippen molar-refractivity contribution in [1.29, 1.82) is 0 Å². The summed E-state index contributed by atoms with van der Waals surface area (Å²) in [7, 11) is 0. The van der Waals surface area contributed by atoms with Gasteiger partial charge in [0.05, 0.1) is 5.02 Å². The second kappa shape index (κ2) is 6.61. The van der Waals surface area contributed by atoms with Crippen LogP contribution in [-0.4, -0.2) is 19.1 Å². The van der Waals surface area contributed by atoms with Gasteiger partial charge in [0.1, 0.15) is 5.75 Å². The van der Waals surface area contributed by atoms with Crippen molar-refractivity contribution in [1.82, 2.24) is 5.32 Å². The summed E-state index contributed by atoms with van der Waals surface area (Å²) in [4.78, 5) is 11.3. The van der Waals surface area contributed by atoms with Gasteiger partial charge >= 0.3 is 0 Å². The van der Waals surface area contributed by atoms with Crippen molar-refractivity contribution in [3.05, 3.63) is 28.2 Å². The summed E-state index contributed by atoms with van der Waals surface area (Å²) in [6.45, 7) is 2.57. The zero-order chi connectivity index (χ0) is 12.0. The van der Waals surface area contributed by atoms with E-state index in [9.17, 15) is 4.79 Å². The van der Waals surface area contributed by atoms with Crippen LogP contribution in [0.3, 0.4) is 0 Å². The van der Waals surface area contributed by atoms with Crippen LogP contribution in [0.25, 0.3) is 0 Å². The summed E-state index contributed by atoms with van der Waals surface area (Å²) in [6, 6.07) is 4.87. The van der Waals surface area contributed by atoms with Crippen molar-refractivity contribution in [2.24, 2.45) is 0 Å². The largest absolute Gasteiger partial charge is 0.482 e. The average Bonchev–Trinajstić information content (AvgIpc) is 2.27. The number of rotatable bonds is 5. The lowest BCUT2D eigenvalue weighted by atomic mass is 10.3. The van der Waals surface area contributed by atoms with E-state index >= 15 is 0 Å². The van der Waals surface area contributed by atoms with E-state index in [1.165, 1.54) is 0 Å². The number of hydrogen-bond donors (Lipinski definition) is 1. The fraction of sp³-hybridized carbons (Fsp3) is 0.364. The topological polar surface area (TPSA) is 38.3 Å². The Bertz CT molecular complexity index is 369. The molecule has 0 heterocycles. The molecular formula is C11H13Cl2NO2. The lowest BCUT2D eigenvalue weighted by molar-refractivity contribution is -0.123. The molecule has 5 heteroatoms. The Kier molecular flexibility index (Phi) is 5.43. The van der Waals surface area contributed by atoms with Crippen LogP contribution < -0.4 is 10.1 Å². The normalized spacial score (nSPS) is 9.94. The lowest BCUT2D eigenvalue weighted by Gasteiger charge is -2.08. The molecule has 0 saturated heterocycles. The van der Waals surface area contributed by atoms with Gasteiger partial charge in [-0.1, -0.05) is 30.1 Å². The summed E-state index contributed by atoms with van der Waals surface area (Å²) < 4.78 is 5.25. The highest BCUT2D eigenvalue weighted by Gasteiger charge is 2.05. The first-order chi connectivity index (χ1) is 7.63. The molecular weight excluding hydrogens is 249 g/mol. The van der Waals surface area contributed by atoms with Crippen LogP contribution in [0.5, 0.6) is 5.75 Å². The van der Waals surface area contributed by atoms with Crippen LogP contribution in [0, 0.1) is 0 Å². The Morgan fingerprint density at radius 3 is 2.88 bits per heavy atom. The summed E-state index contributed by atoms with van der Waals surface area (Å²) in [5.41, 5.74) is 0. The van der Waals surface area contributed by atoms with E-state index in [1.807, 2.05) is 6.92 Å². The monoisotopic (exact) mass is 261 g/mol. The van der Waals surface area contributed by atoms with Gasteiger partial charge in [-0.25, -0.2) is 0 Å². The Morgan fingerprint density at radius 2 is 2.19 bits per heavy atom. The third kappa shape index (κ3) is 4.29. The minimum Gasteiger partial charge on any atom is -0.482 e. The summed E-state index contributed by atoms with van der Waals surface area (Å²) in [6.07, 6.45) is 0.893. The quantitative estimate of drug-likeness (QED) is 0.886. The van der Waals surface area contributed by atoms with Crippen molar-refractivity contribution in [2.45, 2.75) is 13.3 Å². The molecule has 0 unspecified atom stereocenters. The Hall–Kier alpha value is -0.930. The molecule has 1 aromatic rings. The van der Waals surface area contributed by atoms with Gasteiger partial charge in [-0.05, 0) is 18.6 Å². The average molecular weight is 262 g/mol. The lowest BCUT2D eigenvalue weighted by Crippen LogP contribution is -2.29. The highest BCUT2D eigenvalue weighted by molar-refractivity contribution is 6.34. The van der Waals surface area contributed by atoms with Crippen molar-refractivity contribution in [3.63, 3.8) is 0 Å². The molecule has 0 bridgehead atoms. The molecule has 0 aliphatic heterocycles. The number of halogens is 2. The summed E-state index contributed by atoms with van der Waals surface area (Å²) >= 11 is 11.6. The molecule has 0 aromatic heterocycles. The molecule has 0 aliphatic carbocycles. The fourth-order valence-corrected chi connectivity index (χ4v) is 1.38. The van der Waals surface area contributed by atoms with E-state index in [-0.39, 0.29) is 12.5 Å². The second-order valence-corrected chi connectivity index (χ2v) is 4.06. The number of carbonyl (C=O) groups excluding carboxylic acids is 1. The van der Waals surface area contributed by atoms with E-state index in [0.29, 0.717) is 22.3 Å². The predicted octanol–water partition coefficient (Wildman–Crippen LogP) is 2.90. The number of benzene rings is 1. The highest BCUT2D eigenvalue weighted by Crippen LogP contribution is 2.27. The van der Waals surface area contributed by atoms with E-state index < -0.39 is 0 Å². The van der Waals surface area contributed by atoms with Crippen LogP contribution in [0.2, 0.25) is 10.0 Å². The smallest absolute Gasteiger partial charge is 0.257 e. The maximum Gasteiger partial charge on any atom is 0.257 e. The Balaban J connectivity index is 2.47. The molecule has 0 fully saturated rings. The molecule has 0 saturated carbocycles. The number of ether oxygens (including phenoxy) is 1. The molecule has 0 spiro atoms. The molecule has 0 radical (unpaired) electrons. The molecule has 1 aromatic carbocycles. The number of amides is 1. The minimum absolute atomic E-state index is 0.0555. The Morgan fingerprint density at radius 1 is 1.44 bits per heavy atom. The van der Waals surface area contributed by atoms with Gasteiger partial charge in [-0.2, -0.15) is 0 Å². The van der Waals surface area contributed by atoms with Gasteiger partial charge in [0, 0.05) is 17.6 Å². The van der Waals surface area contributed by atoms with Crippen molar-refractivity contribution in [2.75, 3.05) is 13.2 Å². The summed E-state index contributed by atoms with van der Waals surface area (Å²) in [5, 5.41) is 3.66. The maximum absolute atomic E-state index is 11.3. The molecule has 0 atom stereocenters. The van der Waals surface area contributed by atoms with Gasteiger partial charge in [-0.3, -0.25) is 4.79 Å².